The van der Waals surface area contributed by atoms with Gasteiger partial charge in [-0.05, 0) is 39.3 Å². The summed E-state index contributed by atoms with van der Waals surface area (Å²) in [7, 11) is 0. The van der Waals surface area contributed by atoms with Gasteiger partial charge in [0.15, 0.2) is 5.92 Å². The van der Waals surface area contributed by atoms with E-state index >= 15 is 0 Å². The molecule has 0 bridgehead atoms. The summed E-state index contributed by atoms with van der Waals surface area (Å²) in [6.07, 6.45) is 2.19. The molecular weight excluding hydrogens is 230 g/mol. The highest BCUT2D eigenvalue weighted by molar-refractivity contribution is 5.76. The number of esters is 1. The van der Waals surface area contributed by atoms with Gasteiger partial charge in [0.05, 0.1) is 12.3 Å². The van der Waals surface area contributed by atoms with E-state index < -0.39 is 17.5 Å². The van der Waals surface area contributed by atoms with Gasteiger partial charge in [-0.25, -0.2) is 0 Å². The molecule has 0 saturated heterocycles. The summed E-state index contributed by atoms with van der Waals surface area (Å²) in [5.41, 5.74) is -0.590. The molecule has 2 atom stereocenters. The molecule has 4 heteroatoms. The number of nitriles is 1. The van der Waals surface area contributed by atoms with E-state index in [9.17, 15) is 10.1 Å². The Morgan fingerprint density at radius 1 is 1.56 bits per heavy atom. The van der Waals surface area contributed by atoms with Crippen molar-refractivity contribution >= 4 is 5.97 Å². The molecule has 1 aromatic heterocycles. The van der Waals surface area contributed by atoms with Gasteiger partial charge in [0.1, 0.15) is 11.4 Å². The first-order chi connectivity index (χ1) is 8.39. The number of furan rings is 1. The summed E-state index contributed by atoms with van der Waals surface area (Å²) < 4.78 is 10.6. The van der Waals surface area contributed by atoms with Crippen molar-refractivity contribution in [1.29, 1.82) is 5.26 Å². The van der Waals surface area contributed by atoms with Crippen molar-refractivity contribution in [2.75, 3.05) is 0 Å². The number of hydrogen-bond donors (Lipinski definition) is 0. The first-order valence-corrected chi connectivity index (χ1v) is 6.05. The average molecular weight is 249 g/mol. The standard InChI is InChI=1S/C14H19NO3/c1-5-10(12-7-6-8-17-12)11(9-15)13(16)18-14(2,3)4/h6-8,10-11H,5H2,1-4H3/t10-,11-/m0/s1. The predicted octanol–water partition coefficient (Wildman–Crippen LogP) is 3.25. The van der Waals surface area contributed by atoms with Gasteiger partial charge in [0.25, 0.3) is 0 Å². The fourth-order valence-corrected chi connectivity index (χ4v) is 1.78. The van der Waals surface area contributed by atoms with Gasteiger partial charge >= 0.3 is 5.97 Å². The van der Waals surface area contributed by atoms with Crippen LogP contribution in [0.5, 0.6) is 0 Å². The summed E-state index contributed by atoms with van der Waals surface area (Å²) in [6, 6.07) is 5.56. The lowest BCUT2D eigenvalue weighted by molar-refractivity contribution is -0.158. The molecule has 0 spiro atoms. The largest absolute Gasteiger partial charge is 0.469 e. The topological polar surface area (TPSA) is 63.2 Å². The quantitative estimate of drug-likeness (QED) is 0.768. The fraction of sp³-hybridized carbons (Fsp3) is 0.571. The number of nitrogens with zero attached hydrogens (tertiary/aromatic N) is 1. The molecule has 0 aliphatic carbocycles. The van der Waals surface area contributed by atoms with Crippen LogP contribution in [0.4, 0.5) is 0 Å². The predicted molar refractivity (Wildman–Crippen MR) is 66.7 cm³/mol. The third-order valence-corrected chi connectivity index (χ3v) is 2.55. The zero-order valence-corrected chi connectivity index (χ0v) is 11.3. The Morgan fingerprint density at radius 2 is 2.22 bits per heavy atom. The van der Waals surface area contributed by atoms with E-state index in [1.54, 1.807) is 39.2 Å². The van der Waals surface area contributed by atoms with E-state index in [-0.39, 0.29) is 5.92 Å². The molecule has 0 saturated carbocycles. The Bertz CT molecular complexity index is 423. The molecule has 18 heavy (non-hydrogen) atoms. The minimum absolute atomic E-state index is 0.264. The number of hydrogen-bond acceptors (Lipinski definition) is 4. The van der Waals surface area contributed by atoms with E-state index in [1.165, 1.54) is 0 Å². The molecule has 0 radical (unpaired) electrons. The van der Waals surface area contributed by atoms with E-state index in [2.05, 4.69) is 0 Å². The second-order valence-corrected chi connectivity index (χ2v) is 5.17. The van der Waals surface area contributed by atoms with Gasteiger partial charge in [-0.3, -0.25) is 4.79 Å². The molecule has 0 unspecified atom stereocenters. The van der Waals surface area contributed by atoms with Crippen molar-refractivity contribution in [1.82, 2.24) is 0 Å². The number of carbonyl (C=O) groups excluding carboxylic acids is 1. The normalized spacial score (nSPS) is 14.6. The second-order valence-electron chi connectivity index (χ2n) is 5.17. The lowest BCUT2D eigenvalue weighted by Gasteiger charge is -2.24. The molecule has 0 aromatic carbocycles. The molecule has 0 aliphatic rings. The third-order valence-electron chi connectivity index (χ3n) is 2.55. The van der Waals surface area contributed by atoms with Crippen molar-refractivity contribution in [2.24, 2.45) is 5.92 Å². The van der Waals surface area contributed by atoms with Crippen LogP contribution in [-0.4, -0.2) is 11.6 Å². The summed E-state index contributed by atoms with van der Waals surface area (Å²) >= 11 is 0. The van der Waals surface area contributed by atoms with Gasteiger partial charge in [-0.15, -0.1) is 0 Å². The molecule has 1 aromatic rings. The van der Waals surface area contributed by atoms with Gasteiger partial charge in [0, 0.05) is 5.92 Å². The van der Waals surface area contributed by atoms with Crippen LogP contribution in [0.15, 0.2) is 22.8 Å². The number of ether oxygens (including phenoxy) is 1. The molecule has 0 N–H and O–H groups in total. The van der Waals surface area contributed by atoms with Crippen LogP contribution in [0.2, 0.25) is 0 Å². The summed E-state index contributed by atoms with van der Waals surface area (Å²) in [6.45, 7) is 7.27. The third kappa shape index (κ3) is 3.63. The molecule has 4 nitrogen and oxygen atoms in total. The lowest BCUT2D eigenvalue weighted by atomic mass is 9.89. The zero-order valence-electron chi connectivity index (χ0n) is 11.3. The van der Waals surface area contributed by atoms with Crippen molar-refractivity contribution in [2.45, 2.75) is 45.6 Å². The molecule has 0 aliphatic heterocycles. The first kappa shape index (κ1) is 14.3. The first-order valence-electron chi connectivity index (χ1n) is 6.05. The smallest absolute Gasteiger partial charge is 0.324 e. The van der Waals surface area contributed by atoms with Crippen LogP contribution in [0, 0.1) is 17.2 Å². The van der Waals surface area contributed by atoms with Crippen LogP contribution >= 0.6 is 0 Å². The Morgan fingerprint density at radius 3 is 2.61 bits per heavy atom. The Kier molecular flexibility index (Phi) is 4.55. The van der Waals surface area contributed by atoms with E-state index in [4.69, 9.17) is 9.15 Å². The van der Waals surface area contributed by atoms with Crippen molar-refractivity contribution in [3.05, 3.63) is 24.2 Å². The molecular formula is C14H19NO3. The second kappa shape index (κ2) is 5.72. The Hall–Kier alpha value is -1.76. The zero-order chi connectivity index (χ0) is 13.8. The molecule has 98 valence electrons. The minimum Gasteiger partial charge on any atom is -0.469 e. The average Bonchev–Trinajstić information content (AvgIpc) is 2.75. The van der Waals surface area contributed by atoms with E-state index in [0.717, 1.165) is 0 Å². The van der Waals surface area contributed by atoms with Crippen LogP contribution in [0.25, 0.3) is 0 Å². The maximum atomic E-state index is 12.0. The molecule has 0 amide bonds. The van der Waals surface area contributed by atoms with E-state index in [1.807, 2.05) is 13.0 Å². The maximum absolute atomic E-state index is 12.0. The maximum Gasteiger partial charge on any atom is 0.324 e. The summed E-state index contributed by atoms with van der Waals surface area (Å²) in [4.78, 5) is 12.0. The minimum atomic E-state index is -0.833. The van der Waals surface area contributed by atoms with Gasteiger partial charge in [-0.1, -0.05) is 6.92 Å². The Balaban J connectivity index is 2.89. The number of carbonyl (C=O) groups is 1. The fourth-order valence-electron chi connectivity index (χ4n) is 1.78. The monoisotopic (exact) mass is 249 g/mol. The van der Waals surface area contributed by atoms with Crippen LogP contribution in [-0.2, 0) is 9.53 Å². The van der Waals surface area contributed by atoms with Crippen LogP contribution < -0.4 is 0 Å². The molecule has 1 rings (SSSR count). The highest BCUT2D eigenvalue weighted by Crippen LogP contribution is 2.30. The lowest BCUT2D eigenvalue weighted by Crippen LogP contribution is -2.31. The number of rotatable bonds is 4. The van der Waals surface area contributed by atoms with Gasteiger partial charge in [0.2, 0.25) is 0 Å². The van der Waals surface area contributed by atoms with Crippen molar-refractivity contribution < 1.29 is 13.9 Å². The Labute approximate surface area is 108 Å². The highest BCUT2D eigenvalue weighted by atomic mass is 16.6. The van der Waals surface area contributed by atoms with Crippen molar-refractivity contribution in [3.63, 3.8) is 0 Å². The van der Waals surface area contributed by atoms with E-state index in [0.29, 0.717) is 12.2 Å². The molecule has 0 fully saturated rings. The van der Waals surface area contributed by atoms with Crippen LogP contribution in [0.3, 0.4) is 0 Å². The highest BCUT2D eigenvalue weighted by Gasteiger charge is 2.33. The van der Waals surface area contributed by atoms with Gasteiger partial charge < -0.3 is 9.15 Å². The van der Waals surface area contributed by atoms with Gasteiger partial charge in [-0.2, -0.15) is 5.26 Å². The summed E-state index contributed by atoms with van der Waals surface area (Å²) in [5.74, 6) is -0.941. The van der Waals surface area contributed by atoms with Crippen molar-refractivity contribution in [3.8, 4) is 6.07 Å². The summed E-state index contributed by atoms with van der Waals surface area (Å²) in [5, 5.41) is 9.20. The SMILES string of the molecule is CC[C@H](c1ccco1)[C@H](C#N)C(=O)OC(C)(C)C. The molecule has 1 heterocycles. The van der Waals surface area contributed by atoms with Crippen LogP contribution in [0.1, 0.15) is 45.8 Å².